The summed E-state index contributed by atoms with van der Waals surface area (Å²) in [6.07, 6.45) is 1.36. The molecule has 0 spiro atoms. The van der Waals surface area contributed by atoms with E-state index in [4.69, 9.17) is 14.2 Å². The second-order valence-corrected chi connectivity index (χ2v) is 8.98. The second kappa shape index (κ2) is 12.9. The molecule has 1 heterocycles. The van der Waals surface area contributed by atoms with Crippen LogP contribution in [-0.2, 0) is 14.3 Å². The molecule has 1 aliphatic heterocycles. The summed E-state index contributed by atoms with van der Waals surface area (Å²) in [4.78, 5) is 38.0. The van der Waals surface area contributed by atoms with Gasteiger partial charge in [0.1, 0.15) is 5.60 Å². The van der Waals surface area contributed by atoms with Gasteiger partial charge in [0.15, 0.2) is 18.1 Å². The van der Waals surface area contributed by atoms with Gasteiger partial charge in [0.25, 0.3) is 5.91 Å². The lowest BCUT2D eigenvalue weighted by Crippen LogP contribution is -2.43. The van der Waals surface area contributed by atoms with Crippen molar-refractivity contribution in [1.29, 1.82) is 0 Å². The normalized spacial score (nSPS) is 14.4. The summed E-state index contributed by atoms with van der Waals surface area (Å²) in [6, 6.07) is 7.26. The van der Waals surface area contributed by atoms with Crippen LogP contribution in [0.3, 0.4) is 0 Å². The van der Waals surface area contributed by atoms with Crippen molar-refractivity contribution < 1.29 is 28.6 Å². The number of nitrogens with zero attached hydrogens (tertiary/aromatic N) is 1. The molecule has 0 aliphatic carbocycles. The third kappa shape index (κ3) is 10.0. The minimum absolute atomic E-state index is 0.00917. The topological polar surface area (TPSA) is 106 Å². The molecule has 2 N–H and O–H groups in total. The molecule has 1 aliphatic rings. The fourth-order valence-corrected chi connectivity index (χ4v) is 3.43. The number of ether oxygens (including phenoxy) is 3. The van der Waals surface area contributed by atoms with Crippen LogP contribution in [0.15, 0.2) is 24.3 Å². The molecule has 184 valence electrons. The van der Waals surface area contributed by atoms with E-state index in [9.17, 15) is 14.4 Å². The van der Waals surface area contributed by atoms with Crippen molar-refractivity contribution in [3.63, 3.8) is 0 Å². The van der Waals surface area contributed by atoms with E-state index in [1.807, 2.05) is 24.0 Å². The Bertz CT molecular complexity index is 785. The highest BCUT2D eigenvalue weighted by molar-refractivity contribution is 5.78. The molecule has 33 heavy (non-hydrogen) atoms. The van der Waals surface area contributed by atoms with Gasteiger partial charge in [-0.3, -0.25) is 9.59 Å². The predicted molar refractivity (Wildman–Crippen MR) is 124 cm³/mol. The molecule has 0 radical (unpaired) electrons. The van der Waals surface area contributed by atoms with Gasteiger partial charge in [-0.1, -0.05) is 12.1 Å². The Morgan fingerprint density at radius 1 is 1.03 bits per heavy atom. The van der Waals surface area contributed by atoms with Crippen LogP contribution in [0, 0.1) is 5.92 Å². The molecule has 0 atom stereocenters. The maximum atomic E-state index is 12.4. The summed E-state index contributed by atoms with van der Waals surface area (Å²) >= 11 is 0. The Hall–Kier alpha value is -2.97. The number of hydrogen-bond acceptors (Lipinski definition) is 6. The van der Waals surface area contributed by atoms with Gasteiger partial charge < -0.3 is 29.7 Å². The number of benzene rings is 1. The van der Waals surface area contributed by atoms with Gasteiger partial charge in [-0.2, -0.15) is 0 Å². The Morgan fingerprint density at radius 2 is 1.67 bits per heavy atom. The fraction of sp³-hybridized carbons (Fsp3) is 0.625. The van der Waals surface area contributed by atoms with Crippen molar-refractivity contribution in [3.05, 3.63) is 24.3 Å². The molecule has 0 saturated carbocycles. The smallest absolute Gasteiger partial charge is 0.407 e. The molecule has 1 saturated heterocycles. The highest BCUT2D eigenvalue weighted by atomic mass is 16.6. The number of carbonyl (C=O) groups is 3. The molecule has 0 bridgehead atoms. The first-order valence-electron chi connectivity index (χ1n) is 11.5. The molecule has 1 fully saturated rings. The first-order chi connectivity index (χ1) is 15.7. The Morgan fingerprint density at radius 3 is 2.27 bits per heavy atom. The Labute approximate surface area is 196 Å². The number of hydrogen-bond donors (Lipinski definition) is 2. The Kier molecular flexibility index (Phi) is 10.3. The van der Waals surface area contributed by atoms with Crippen molar-refractivity contribution in [1.82, 2.24) is 15.5 Å². The molecule has 1 aromatic rings. The van der Waals surface area contributed by atoms with Crippen LogP contribution < -0.4 is 20.1 Å². The molecule has 2 rings (SSSR count). The summed E-state index contributed by atoms with van der Waals surface area (Å²) in [5.74, 6) is 1.30. The number of alkyl carbamates (subject to hydrolysis) is 1. The van der Waals surface area contributed by atoms with E-state index in [0.29, 0.717) is 43.7 Å². The van der Waals surface area contributed by atoms with E-state index in [2.05, 4.69) is 10.6 Å². The van der Waals surface area contributed by atoms with Gasteiger partial charge in [-0.15, -0.1) is 0 Å². The van der Waals surface area contributed by atoms with Crippen molar-refractivity contribution in [2.45, 2.75) is 52.6 Å². The Balaban J connectivity index is 1.61. The number of amides is 3. The van der Waals surface area contributed by atoms with E-state index < -0.39 is 11.7 Å². The number of para-hydroxylation sites is 2. The molecule has 9 heteroatoms. The summed E-state index contributed by atoms with van der Waals surface area (Å²) in [7, 11) is 0. The van der Waals surface area contributed by atoms with Gasteiger partial charge in [0, 0.05) is 32.6 Å². The van der Waals surface area contributed by atoms with Gasteiger partial charge in [-0.05, 0) is 58.6 Å². The molecular formula is C24H37N3O6. The van der Waals surface area contributed by atoms with E-state index >= 15 is 0 Å². The molecule has 3 amide bonds. The largest absolute Gasteiger partial charge is 0.490 e. The van der Waals surface area contributed by atoms with E-state index in [1.54, 1.807) is 32.9 Å². The predicted octanol–water partition coefficient (Wildman–Crippen LogP) is 2.73. The van der Waals surface area contributed by atoms with Crippen molar-refractivity contribution >= 4 is 17.9 Å². The second-order valence-electron chi connectivity index (χ2n) is 8.98. The van der Waals surface area contributed by atoms with E-state index in [1.165, 1.54) is 0 Å². The van der Waals surface area contributed by atoms with Crippen LogP contribution in [0.25, 0.3) is 0 Å². The highest BCUT2D eigenvalue weighted by Gasteiger charge is 2.23. The third-order valence-corrected chi connectivity index (χ3v) is 5.07. The lowest BCUT2D eigenvalue weighted by molar-refractivity contribution is -0.132. The molecule has 1 aromatic carbocycles. The van der Waals surface area contributed by atoms with Crippen molar-refractivity contribution in [2.75, 3.05) is 39.4 Å². The van der Waals surface area contributed by atoms with Gasteiger partial charge >= 0.3 is 6.09 Å². The zero-order chi connectivity index (χ0) is 24.3. The molecule has 0 aromatic heterocycles. The molecular weight excluding hydrogens is 426 g/mol. The van der Waals surface area contributed by atoms with Crippen LogP contribution in [0.5, 0.6) is 11.5 Å². The van der Waals surface area contributed by atoms with Crippen LogP contribution in [0.2, 0.25) is 0 Å². The first kappa shape index (κ1) is 26.3. The minimum atomic E-state index is -0.564. The zero-order valence-corrected chi connectivity index (χ0v) is 20.1. The average molecular weight is 464 g/mol. The SMILES string of the molecule is CCOc1ccccc1OCC(=O)NCC1CCN(C(=O)CCNC(=O)OC(C)(C)C)CC1. The lowest BCUT2D eigenvalue weighted by Gasteiger charge is -2.32. The van der Waals surface area contributed by atoms with Gasteiger partial charge in [0.2, 0.25) is 5.91 Å². The van der Waals surface area contributed by atoms with Crippen molar-refractivity contribution in [2.24, 2.45) is 5.92 Å². The third-order valence-electron chi connectivity index (χ3n) is 5.07. The van der Waals surface area contributed by atoms with Crippen molar-refractivity contribution in [3.8, 4) is 11.5 Å². The zero-order valence-electron chi connectivity index (χ0n) is 20.1. The number of rotatable bonds is 10. The number of piperidine rings is 1. The van der Waals surface area contributed by atoms with Crippen LogP contribution >= 0.6 is 0 Å². The lowest BCUT2D eigenvalue weighted by atomic mass is 9.96. The summed E-state index contributed by atoms with van der Waals surface area (Å²) < 4.78 is 16.2. The fourth-order valence-electron chi connectivity index (χ4n) is 3.43. The van der Waals surface area contributed by atoms with Gasteiger partial charge in [0.05, 0.1) is 6.61 Å². The van der Waals surface area contributed by atoms with E-state index in [0.717, 1.165) is 12.8 Å². The quantitative estimate of drug-likeness (QED) is 0.553. The number of nitrogens with one attached hydrogen (secondary N) is 2. The standard InChI is InChI=1S/C24H37N3O6/c1-5-31-19-8-6-7-9-20(19)32-17-21(28)26-16-18-11-14-27(15-12-18)22(29)10-13-25-23(30)33-24(2,3)4/h6-9,18H,5,10-17H2,1-4H3,(H,25,30)(H,26,28). The van der Waals surface area contributed by atoms with Crippen LogP contribution in [0.4, 0.5) is 4.79 Å². The maximum Gasteiger partial charge on any atom is 0.407 e. The van der Waals surface area contributed by atoms with Gasteiger partial charge in [-0.25, -0.2) is 4.79 Å². The minimum Gasteiger partial charge on any atom is -0.490 e. The van der Waals surface area contributed by atoms with E-state index in [-0.39, 0.29) is 31.4 Å². The van der Waals surface area contributed by atoms with Crippen LogP contribution in [-0.4, -0.2) is 67.8 Å². The summed E-state index contributed by atoms with van der Waals surface area (Å²) in [5.41, 5.74) is -0.564. The average Bonchev–Trinajstić information content (AvgIpc) is 2.76. The summed E-state index contributed by atoms with van der Waals surface area (Å²) in [5, 5.41) is 5.52. The first-order valence-corrected chi connectivity index (χ1v) is 11.5. The molecule has 0 unspecified atom stereocenters. The number of carbonyl (C=O) groups excluding carboxylic acids is 3. The summed E-state index contributed by atoms with van der Waals surface area (Å²) in [6.45, 7) is 9.79. The number of likely N-dealkylation sites (tertiary alicyclic amines) is 1. The highest BCUT2D eigenvalue weighted by Crippen LogP contribution is 2.26. The molecule has 9 nitrogen and oxygen atoms in total. The monoisotopic (exact) mass is 463 g/mol. The maximum absolute atomic E-state index is 12.4. The van der Waals surface area contributed by atoms with Crippen LogP contribution in [0.1, 0.15) is 47.0 Å².